The van der Waals surface area contributed by atoms with Gasteiger partial charge in [0.1, 0.15) is 10.7 Å². The highest BCUT2D eigenvalue weighted by Gasteiger charge is 2.22. The van der Waals surface area contributed by atoms with Crippen LogP contribution in [0.15, 0.2) is 53.7 Å². The number of unbranched alkanes of at least 4 members (excludes halogenated alkanes) is 1. The van der Waals surface area contributed by atoms with Crippen molar-refractivity contribution in [2.75, 3.05) is 0 Å². The van der Waals surface area contributed by atoms with Crippen LogP contribution in [0.4, 0.5) is 5.69 Å². The molecule has 34 heavy (non-hydrogen) atoms. The van der Waals surface area contributed by atoms with Crippen molar-refractivity contribution in [1.82, 2.24) is 4.57 Å². The van der Waals surface area contributed by atoms with Gasteiger partial charge in [0.25, 0.3) is 5.69 Å². The number of aryl methyl sites for hydroxylation is 1. The molecule has 0 fully saturated rings. The first-order valence-corrected chi connectivity index (χ1v) is 11.7. The van der Waals surface area contributed by atoms with Gasteiger partial charge in [-0.25, -0.2) is 4.79 Å². The lowest BCUT2D eigenvalue weighted by Gasteiger charge is -2.06. The number of hydrogen-bond acceptors (Lipinski definition) is 7. The lowest BCUT2D eigenvalue weighted by molar-refractivity contribution is -0.384. The molecule has 9 heteroatoms. The Bertz CT molecular complexity index is 1460. The number of nitro groups is 1. The molecule has 0 aliphatic carbocycles. The molecule has 4 aromatic rings. The van der Waals surface area contributed by atoms with E-state index < -0.39 is 10.9 Å². The molecule has 0 bridgehead atoms. The van der Waals surface area contributed by atoms with E-state index in [-0.39, 0.29) is 17.2 Å². The minimum atomic E-state index is -0.579. The Hall–Kier alpha value is -3.85. The summed E-state index contributed by atoms with van der Waals surface area (Å²) in [6, 6.07) is 14.3. The van der Waals surface area contributed by atoms with Crippen molar-refractivity contribution in [3.8, 4) is 5.00 Å². The van der Waals surface area contributed by atoms with E-state index in [1.165, 1.54) is 24.3 Å². The highest BCUT2D eigenvalue weighted by atomic mass is 32.1. The normalized spacial score (nSPS) is 11.8. The van der Waals surface area contributed by atoms with Crippen LogP contribution in [0.5, 0.6) is 0 Å². The number of nitro benzene ring substituents is 1. The van der Waals surface area contributed by atoms with E-state index >= 15 is 0 Å². The summed E-state index contributed by atoms with van der Waals surface area (Å²) in [5.41, 5.74) is 2.83. The number of Topliss-reactive ketones (excluding diaryl/α,β-unsaturated/α-hetero) is 1. The Kier molecular flexibility index (Phi) is 6.56. The van der Waals surface area contributed by atoms with Gasteiger partial charge in [0.05, 0.1) is 20.8 Å². The average molecular weight is 478 g/mol. The number of para-hydroxylation sites is 1. The van der Waals surface area contributed by atoms with Crippen LogP contribution in [0.25, 0.3) is 26.8 Å². The monoisotopic (exact) mass is 477 g/mol. The number of fused-ring (bicyclic) bond motifs is 3. The summed E-state index contributed by atoms with van der Waals surface area (Å²) in [7, 11) is 0. The van der Waals surface area contributed by atoms with Gasteiger partial charge >= 0.3 is 5.97 Å². The van der Waals surface area contributed by atoms with Crippen molar-refractivity contribution >= 4 is 56.3 Å². The number of hydrogen-bond donors (Lipinski definition) is 0. The maximum Gasteiger partial charge on any atom is 0.331 e. The van der Waals surface area contributed by atoms with Crippen molar-refractivity contribution in [3.63, 3.8) is 0 Å². The summed E-state index contributed by atoms with van der Waals surface area (Å²) in [5.74, 6) is -0.852. The Balaban J connectivity index is 1.85. The SMILES string of the molecule is CCCCC(=NOC(C)=O)C(=O)c1cc(C)c(-n2c3ccccc3c3cc([N+](=O)[O-])ccc32)s1. The van der Waals surface area contributed by atoms with Crippen LogP contribution in [0.2, 0.25) is 0 Å². The molecule has 2 heterocycles. The van der Waals surface area contributed by atoms with Crippen molar-refractivity contribution in [2.24, 2.45) is 5.16 Å². The first kappa shape index (κ1) is 23.3. The molecule has 4 rings (SSSR count). The number of aromatic nitrogens is 1. The van der Waals surface area contributed by atoms with Crippen molar-refractivity contribution in [3.05, 3.63) is 69.1 Å². The number of benzene rings is 2. The van der Waals surface area contributed by atoms with E-state index in [0.717, 1.165) is 45.2 Å². The van der Waals surface area contributed by atoms with Crippen molar-refractivity contribution in [1.29, 1.82) is 0 Å². The van der Waals surface area contributed by atoms with Gasteiger partial charge in [-0.3, -0.25) is 14.9 Å². The van der Waals surface area contributed by atoms with E-state index in [0.29, 0.717) is 11.3 Å². The van der Waals surface area contributed by atoms with E-state index in [9.17, 15) is 19.7 Å². The molecule has 2 aromatic carbocycles. The Morgan fingerprint density at radius 2 is 1.85 bits per heavy atom. The van der Waals surface area contributed by atoms with Crippen LogP contribution in [0.3, 0.4) is 0 Å². The second kappa shape index (κ2) is 9.56. The van der Waals surface area contributed by atoms with Gasteiger partial charge in [0, 0.05) is 29.8 Å². The number of nitrogens with zero attached hydrogens (tertiary/aromatic N) is 3. The number of ketones is 1. The fourth-order valence-corrected chi connectivity index (χ4v) is 5.07. The highest BCUT2D eigenvalue weighted by molar-refractivity contribution is 7.17. The van der Waals surface area contributed by atoms with E-state index in [4.69, 9.17) is 4.84 Å². The van der Waals surface area contributed by atoms with E-state index in [1.54, 1.807) is 12.1 Å². The fraction of sp³-hybridized carbons (Fsp3) is 0.240. The molecular weight excluding hydrogens is 454 g/mol. The quantitative estimate of drug-likeness (QED) is 0.0966. The minimum absolute atomic E-state index is 0.0245. The molecule has 0 spiro atoms. The third-order valence-electron chi connectivity index (χ3n) is 5.50. The molecule has 0 atom stereocenters. The van der Waals surface area contributed by atoms with Crippen LogP contribution in [0.1, 0.15) is 48.3 Å². The smallest absolute Gasteiger partial charge is 0.318 e. The molecule has 0 saturated heterocycles. The topological polar surface area (TPSA) is 104 Å². The summed E-state index contributed by atoms with van der Waals surface area (Å²) >= 11 is 1.32. The Morgan fingerprint density at radius 1 is 1.12 bits per heavy atom. The van der Waals surface area contributed by atoms with Gasteiger partial charge < -0.3 is 9.40 Å². The maximum absolute atomic E-state index is 13.2. The molecule has 2 aromatic heterocycles. The predicted molar refractivity (Wildman–Crippen MR) is 133 cm³/mol. The summed E-state index contributed by atoms with van der Waals surface area (Å²) in [5, 5.41) is 17.7. The number of rotatable bonds is 8. The van der Waals surface area contributed by atoms with E-state index in [1.807, 2.05) is 48.7 Å². The van der Waals surface area contributed by atoms with Gasteiger partial charge in [-0.2, -0.15) is 0 Å². The van der Waals surface area contributed by atoms with Gasteiger partial charge in [-0.05, 0) is 43.5 Å². The number of carbonyl (C=O) groups excluding carboxylic acids is 2. The van der Waals surface area contributed by atoms with Crippen molar-refractivity contribution < 1.29 is 19.3 Å². The van der Waals surface area contributed by atoms with Crippen LogP contribution in [-0.2, 0) is 9.63 Å². The van der Waals surface area contributed by atoms with Crippen LogP contribution in [0, 0.1) is 17.0 Å². The van der Waals surface area contributed by atoms with Crippen LogP contribution in [-0.4, -0.2) is 27.0 Å². The Labute approximate surface area is 199 Å². The molecule has 0 N–H and O–H groups in total. The minimum Gasteiger partial charge on any atom is -0.318 e. The van der Waals surface area contributed by atoms with Gasteiger partial charge in [0.15, 0.2) is 0 Å². The highest BCUT2D eigenvalue weighted by Crippen LogP contribution is 2.38. The largest absolute Gasteiger partial charge is 0.331 e. The summed E-state index contributed by atoms with van der Waals surface area (Å²) < 4.78 is 2.03. The standard InChI is InChI=1S/C25H23N3O5S/c1-4-5-9-20(26-33-16(3)29)24(30)23-13-15(2)25(34-23)27-21-10-7-6-8-18(21)19-14-17(28(31)32)11-12-22(19)27/h6-8,10-14H,4-5,9H2,1-3H3. The molecule has 0 amide bonds. The molecular formula is C25H23N3O5S. The molecule has 0 radical (unpaired) electrons. The third kappa shape index (κ3) is 4.34. The number of non-ortho nitro benzene ring substituents is 1. The van der Waals surface area contributed by atoms with Crippen molar-refractivity contribution in [2.45, 2.75) is 40.0 Å². The maximum atomic E-state index is 13.2. The molecule has 0 saturated carbocycles. The molecule has 8 nitrogen and oxygen atoms in total. The second-order valence-corrected chi connectivity index (χ2v) is 8.99. The van der Waals surface area contributed by atoms with E-state index in [2.05, 4.69) is 5.16 Å². The number of thiophene rings is 1. The number of oxime groups is 1. The number of carbonyl (C=O) groups is 2. The van der Waals surface area contributed by atoms with Gasteiger partial charge in [-0.15, -0.1) is 11.3 Å². The molecule has 0 unspecified atom stereocenters. The predicted octanol–water partition coefficient (Wildman–Crippen LogP) is 6.35. The van der Waals surface area contributed by atoms with Crippen LogP contribution < -0.4 is 0 Å². The fourth-order valence-electron chi connectivity index (χ4n) is 3.91. The lowest BCUT2D eigenvalue weighted by Crippen LogP contribution is -2.14. The molecule has 0 aliphatic heterocycles. The zero-order chi connectivity index (χ0) is 24.4. The zero-order valence-corrected chi connectivity index (χ0v) is 19.8. The summed E-state index contributed by atoms with van der Waals surface area (Å²) in [6.45, 7) is 5.17. The average Bonchev–Trinajstić information content (AvgIpc) is 3.35. The zero-order valence-electron chi connectivity index (χ0n) is 19.0. The first-order chi connectivity index (χ1) is 16.3. The summed E-state index contributed by atoms with van der Waals surface area (Å²) in [4.78, 5) is 40.7. The second-order valence-electron chi connectivity index (χ2n) is 7.96. The van der Waals surface area contributed by atoms with Gasteiger partial charge in [0.2, 0.25) is 5.78 Å². The Morgan fingerprint density at radius 3 is 2.56 bits per heavy atom. The van der Waals surface area contributed by atoms with Gasteiger partial charge in [-0.1, -0.05) is 36.7 Å². The lowest BCUT2D eigenvalue weighted by atomic mass is 10.1. The molecule has 0 aliphatic rings. The molecule has 174 valence electrons. The summed E-state index contributed by atoms with van der Waals surface area (Å²) in [6.07, 6.45) is 2.03. The van der Waals surface area contributed by atoms with Crippen LogP contribution >= 0.6 is 11.3 Å². The first-order valence-electron chi connectivity index (χ1n) is 10.9. The third-order valence-corrected chi connectivity index (χ3v) is 6.72.